The molecule has 0 radical (unpaired) electrons. The van der Waals surface area contributed by atoms with Crippen LogP contribution in [0.15, 0.2) is 4.52 Å². The molecule has 144 valence electrons. The van der Waals surface area contributed by atoms with Crippen LogP contribution in [0.3, 0.4) is 0 Å². The Morgan fingerprint density at radius 1 is 1.38 bits per heavy atom. The van der Waals surface area contributed by atoms with Crippen molar-refractivity contribution < 1.29 is 9.32 Å². The average molecular weight is 361 g/mol. The van der Waals surface area contributed by atoms with Crippen LogP contribution in [-0.4, -0.2) is 65.1 Å². The third-order valence-electron chi connectivity index (χ3n) is 6.66. The van der Waals surface area contributed by atoms with E-state index in [4.69, 9.17) is 4.52 Å². The summed E-state index contributed by atoms with van der Waals surface area (Å²) in [6.45, 7) is 6.31. The number of amides is 1. The Kier molecular flexibility index (Phi) is 5.01. The average Bonchev–Trinajstić information content (AvgIpc) is 3.16. The van der Waals surface area contributed by atoms with Crippen molar-refractivity contribution in [2.24, 2.45) is 5.41 Å². The molecule has 7 nitrogen and oxygen atoms in total. The van der Waals surface area contributed by atoms with E-state index in [2.05, 4.69) is 27.4 Å². The van der Waals surface area contributed by atoms with E-state index in [1.54, 1.807) is 0 Å². The number of likely N-dealkylation sites (tertiary alicyclic amines) is 1. The summed E-state index contributed by atoms with van der Waals surface area (Å²) in [7, 11) is 2.09. The van der Waals surface area contributed by atoms with Crippen LogP contribution in [0.2, 0.25) is 0 Å². The Morgan fingerprint density at radius 3 is 2.81 bits per heavy atom. The van der Waals surface area contributed by atoms with Gasteiger partial charge in [-0.05, 0) is 64.6 Å². The molecule has 0 bridgehead atoms. The van der Waals surface area contributed by atoms with Crippen molar-refractivity contribution in [3.05, 3.63) is 11.7 Å². The Morgan fingerprint density at radius 2 is 2.15 bits per heavy atom. The second-order valence-corrected chi connectivity index (χ2v) is 8.41. The van der Waals surface area contributed by atoms with Gasteiger partial charge < -0.3 is 14.7 Å². The maximum atomic E-state index is 13.2. The fourth-order valence-corrected chi connectivity index (χ4v) is 4.74. The number of carbonyl (C=O) groups excluding carboxylic acids is 1. The minimum atomic E-state index is -0.0222. The number of rotatable bonds is 5. The van der Waals surface area contributed by atoms with Crippen LogP contribution in [0.1, 0.15) is 63.1 Å². The molecule has 1 unspecified atom stereocenters. The SMILES string of the molecule is CCN(Cc1noc(C2CCC2)n1)C(=O)C1CC2(CCNCC2)CN1C. The lowest BCUT2D eigenvalue weighted by Crippen LogP contribution is -2.44. The number of carbonyl (C=O) groups is 1. The van der Waals surface area contributed by atoms with E-state index >= 15 is 0 Å². The largest absolute Gasteiger partial charge is 0.339 e. The lowest BCUT2D eigenvalue weighted by atomic mass is 9.77. The first kappa shape index (κ1) is 17.9. The van der Waals surface area contributed by atoms with Crippen LogP contribution in [0.25, 0.3) is 0 Å². The normalized spacial score (nSPS) is 26.2. The summed E-state index contributed by atoms with van der Waals surface area (Å²) in [6.07, 6.45) is 6.84. The molecule has 0 aromatic carbocycles. The number of likely N-dealkylation sites (N-methyl/N-ethyl adjacent to an activating group) is 2. The molecule has 1 N–H and O–H groups in total. The van der Waals surface area contributed by atoms with Gasteiger partial charge in [-0.2, -0.15) is 4.98 Å². The zero-order valence-electron chi connectivity index (χ0n) is 16.0. The predicted octanol–water partition coefficient (Wildman–Crippen LogP) is 1.76. The molecule has 1 spiro atoms. The van der Waals surface area contributed by atoms with E-state index < -0.39 is 0 Å². The highest BCUT2D eigenvalue weighted by Crippen LogP contribution is 2.41. The highest BCUT2D eigenvalue weighted by Gasteiger charge is 2.46. The fraction of sp³-hybridized carbons (Fsp3) is 0.842. The monoisotopic (exact) mass is 361 g/mol. The number of hydrogen-bond acceptors (Lipinski definition) is 6. The van der Waals surface area contributed by atoms with Crippen LogP contribution in [0.5, 0.6) is 0 Å². The minimum absolute atomic E-state index is 0.0222. The van der Waals surface area contributed by atoms with Crippen molar-refractivity contribution in [2.45, 2.75) is 64.0 Å². The molecule has 26 heavy (non-hydrogen) atoms. The Hall–Kier alpha value is -1.47. The molecule has 4 rings (SSSR count). The first-order valence-corrected chi connectivity index (χ1v) is 10.1. The lowest BCUT2D eigenvalue weighted by molar-refractivity contribution is -0.136. The number of aromatic nitrogens is 2. The lowest BCUT2D eigenvalue weighted by Gasteiger charge is -2.33. The Bertz CT molecular complexity index is 636. The highest BCUT2D eigenvalue weighted by atomic mass is 16.5. The van der Waals surface area contributed by atoms with Gasteiger partial charge in [0.1, 0.15) is 0 Å². The smallest absolute Gasteiger partial charge is 0.240 e. The van der Waals surface area contributed by atoms with Gasteiger partial charge in [-0.1, -0.05) is 11.6 Å². The molecular weight excluding hydrogens is 330 g/mol. The molecule has 1 saturated carbocycles. The van der Waals surface area contributed by atoms with Gasteiger partial charge in [0.15, 0.2) is 5.82 Å². The van der Waals surface area contributed by atoms with Gasteiger partial charge in [0.2, 0.25) is 11.8 Å². The van der Waals surface area contributed by atoms with Gasteiger partial charge in [-0.3, -0.25) is 9.69 Å². The zero-order chi connectivity index (χ0) is 18.1. The summed E-state index contributed by atoms with van der Waals surface area (Å²) < 4.78 is 5.41. The van der Waals surface area contributed by atoms with Crippen molar-refractivity contribution in [3.63, 3.8) is 0 Å². The Labute approximate surface area is 155 Å². The van der Waals surface area contributed by atoms with Crippen molar-refractivity contribution in [1.29, 1.82) is 0 Å². The van der Waals surface area contributed by atoms with Crippen molar-refractivity contribution in [1.82, 2.24) is 25.3 Å². The molecule has 1 aromatic rings. The summed E-state index contributed by atoms with van der Waals surface area (Å²) in [6, 6.07) is -0.0222. The van der Waals surface area contributed by atoms with E-state index in [9.17, 15) is 4.79 Å². The molecule has 3 fully saturated rings. The third kappa shape index (κ3) is 3.39. The maximum Gasteiger partial charge on any atom is 0.240 e. The summed E-state index contributed by atoms with van der Waals surface area (Å²) in [5.41, 5.74) is 0.309. The van der Waals surface area contributed by atoms with Crippen molar-refractivity contribution in [2.75, 3.05) is 33.2 Å². The van der Waals surface area contributed by atoms with Crippen LogP contribution in [-0.2, 0) is 11.3 Å². The fourth-order valence-electron chi connectivity index (χ4n) is 4.74. The second-order valence-electron chi connectivity index (χ2n) is 8.41. The van der Waals surface area contributed by atoms with Crippen LogP contribution in [0, 0.1) is 5.41 Å². The second kappa shape index (κ2) is 7.27. The molecular formula is C19H31N5O2. The van der Waals surface area contributed by atoms with Crippen LogP contribution in [0.4, 0.5) is 0 Å². The number of piperidine rings is 1. The molecule has 1 amide bonds. The van der Waals surface area contributed by atoms with Gasteiger partial charge in [-0.25, -0.2) is 0 Å². The number of hydrogen-bond donors (Lipinski definition) is 1. The molecule has 1 aliphatic carbocycles. The number of nitrogens with zero attached hydrogens (tertiary/aromatic N) is 4. The molecule has 2 aliphatic heterocycles. The standard InChI is InChI=1S/C19H31N5O2/c1-3-24(12-16-21-17(26-22-16)14-5-4-6-14)18(25)15-11-19(13-23(15)2)7-9-20-10-8-19/h14-15,20H,3-13H2,1-2H3. The summed E-state index contributed by atoms with van der Waals surface area (Å²) in [4.78, 5) is 21.9. The molecule has 2 saturated heterocycles. The Balaban J connectivity index is 1.41. The van der Waals surface area contributed by atoms with Gasteiger partial charge in [0.25, 0.3) is 0 Å². The minimum Gasteiger partial charge on any atom is -0.339 e. The molecule has 3 heterocycles. The molecule has 3 aliphatic rings. The van der Waals surface area contributed by atoms with E-state index in [0.717, 1.165) is 44.8 Å². The maximum absolute atomic E-state index is 13.2. The summed E-state index contributed by atoms with van der Waals surface area (Å²) >= 11 is 0. The van der Waals surface area contributed by atoms with Gasteiger partial charge >= 0.3 is 0 Å². The van der Waals surface area contributed by atoms with E-state index in [1.807, 2.05) is 11.8 Å². The predicted molar refractivity (Wildman–Crippen MR) is 97.6 cm³/mol. The molecule has 7 heteroatoms. The first-order chi connectivity index (χ1) is 12.6. The van der Waals surface area contributed by atoms with Gasteiger partial charge in [-0.15, -0.1) is 0 Å². The van der Waals surface area contributed by atoms with Crippen molar-refractivity contribution in [3.8, 4) is 0 Å². The number of nitrogens with one attached hydrogen (secondary N) is 1. The molecule has 1 aromatic heterocycles. The zero-order valence-corrected chi connectivity index (χ0v) is 16.0. The van der Waals surface area contributed by atoms with Crippen LogP contribution >= 0.6 is 0 Å². The van der Waals surface area contributed by atoms with Crippen molar-refractivity contribution >= 4 is 5.91 Å². The van der Waals surface area contributed by atoms with Gasteiger partial charge in [0.05, 0.1) is 12.6 Å². The first-order valence-electron chi connectivity index (χ1n) is 10.1. The van der Waals surface area contributed by atoms with Crippen LogP contribution < -0.4 is 5.32 Å². The van der Waals surface area contributed by atoms with Gasteiger partial charge in [0, 0.05) is 19.0 Å². The summed E-state index contributed by atoms with van der Waals surface area (Å²) in [5, 5.41) is 7.56. The van der Waals surface area contributed by atoms with E-state index in [0.29, 0.717) is 30.2 Å². The van der Waals surface area contributed by atoms with E-state index in [-0.39, 0.29) is 11.9 Å². The summed E-state index contributed by atoms with van der Waals surface area (Å²) in [5.74, 6) is 2.03. The topological polar surface area (TPSA) is 74.5 Å². The molecule has 1 atom stereocenters. The highest BCUT2D eigenvalue weighted by molar-refractivity contribution is 5.82. The third-order valence-corrected chi connectivity index (χ3v) is 6.66. The quantitative estimate of drug-likeness (QED) is 0.861. The van der Waals surface area contributed by atoms with E-state index in [1.165, 1.54) is 19.3 Å².